The van der Waals surface area contributed by atoms with Crippen molar-refractivity contribution in [2.24, 2.45) is 42.1 Å². The highest BCUT2D eigenvalue weighted by Crippen LogP contribution is 2.42. The lowest BCUT2D eigenvalue weighted by Gasteiger charge is -2.31. The number of carbonyl (C=O) groups excluding carboxylic acids is 2. The van der Waals surface area contributed by atoms with Gasteiger partial charge >= 0.3 is 0 Å². The van der Waals surface area contributed by atoms with Gasteiger partial charge < -0.3 is 0 Å². The second kappa shape index (κ2) is 15.5. The third-order valence-corrected chi connectivity index (χ3v) is 12.1. The standard InChI is InChI=1S/C46H52N4O4S2/c1-43(2,3)35-24-29(25-36(41(35)51)44(4,5)6)28-47-48-31-15-19-33(20-16-31)56(53,54)34-21-17-32(18-22-34)49-50-40(39-14-13-23-55-39)30-26-37(45(7,8)9)42(52)38(27-30)46(10,11)12/h13-28H,1-12H3. The minimum atomic E-state index is -3.84. The van der Waals surface area contributed by atoms with E-state index in [0.29, 0.717) is 28.2 Å². The summed E-state index contributed by atoms with van der Waals surface area (Å²) in [7, 11) is -3.84. The number of thiophene rings is 1. The van der Waals surface area contributed by atoms with E-state index in [1.807, 2.05) is 125 Å². The molecule has 0 atom stereocenters. The van der Waals surface area contributed by atoms with Crippen LogP contribution in [0.3, 0.4) is 0 Å². The van der Waals surface area contributed by atoms with E-state index < -0.39 is 9.84 Å². The maximum absolute atomic E-state index is 13.6. The van der Waals surface area contributed by atoms with E-state index in [9.17, 15) is 18.0 Å². The highest BCUT2D eigenvalue weighted by atomic mass is 32.2. The molecule has 0 saturated heterocycles. The molecule has 0 radical (unpaired) electrons. The number of carbonyl (C=O) groups is 2. The van der Waals surface area contributed by atoms with E-state index in [1.54, 1.807) is 30.5 Å². The molecular weight excluding hydrogens is 737 g/mol. The van der Waals surface area contributed by atoms with Gasteiger partial charge in [-0.05, 0) is 112 Å². The number of rotatable bonds is 7. The molecule has 0 fully saturated rings. The first-order valence-electron chi connectivity index (χ1n) is 18.6. The topological polar surface area (TPSA) is 118 Å². The molecule has 0 bridgehead atoms. The van der Waals surface area contributed by atoms with Crippen LogP contribution in [0.25, 0.3) is 5.70 Å². The van der Waals surface area contributed by atoms with Gasteiger partial charge in [0.1, 0.15) is 5.70 Å². The summed E-state index contributed by atoms with van der Waals surface area (Å²) in [5.74, 6) is 0.0867. The van der Waals surface area contributed by atoms with E-state index in [1.165, 1.54) is 35.6 Å². The number of azo groups is 2. The monoisotopic (exact) mass is 788 g/mol. The summed E-state index contributed by atoms with van der Waals surface area (Å²) in [5, 5.41) is 19.7. The maximum Gasteiger partial charge on any atom is 0.206 e. The first kappa shape index (κ1) is 42.2. The Morgan fingerprint density at radius 3 is 1.38 bits per heavy atom. The second-order valence-electron chi connectivity index (χ2n) is 18.2. The molecule has 10 heteroatoms. The van der Waals surface area contributed by atoms with E-state index in [2.05, 4.69) is 20.5 Å². The van der Waals surface area contributed by atoms with Gasteiger partial charge in [0, 0.05) is 27.9 Å². The van der Waals surface area contributed by atoms with Crippen LogP contribution in [0, 0.1) is 21.7 Å². The van der Waals surface area contributed by atoms with Crippen molar-refractivity contribution in [2.45, 2.75) is 92.9 Å². The zero-order valence-electron chi connectivity index (χ0n) is 34.5. The van der Waals surface area contributed by atoms with E-state index in [4.69, 9.17) is 0 Å². The molecule has 56 heavy (non-hydrogen) atoms. The first-order chi connectivity index (χ1) is 25.9. The van der Waals surface area contributed by atoms with Gasteiger partial charge in [-0.25, -0.2) is 8.42 Å². The van der Waals surface area contributed by atoms with Gasteiger partial charge in [0.25, 0.3) is 0 Å². The quantitative estimate of drug-likeness (QED) is 0.221. The highest BCUT2D eigenvalue weighted by molar-refractivity contribution is 7.91. The van der Waals surface area contributed by atoms with Crippen molar-refractivity contribution >= 4 is 49.8 Å². The number of Topliss-reactive ketones (excluding diaryl/α,β-unsaturated/α-hetero) is 2. The number of hydrogen-bond donors (Lipinski definition) is 0. The van der Waals surface area contributed by atoms with Crippen molar-refractivity contribution in [1.82, 2.24) is 0 Å². The third kappa shape index (κ3) is 9.53. The average Bonchev–Trinajstić information content (AvgIpc) is 3.63. The molecule has 1 heterocycles. The molecule has 0 aliphatic heterocycles. The number of ketones is 2. The molecule has 2 aliphatic rings. The molecule has 0 spiro atoms. The molecule has 2 aliphatic carbocycles. The Balaban J connectivity index is 1.39. The summed E-state index contributed by atoms with van der Waals surface area (Å²) in [6.45, 7) is 24.3. The molecule has 8 nitrogen and oxygen atoms in total. The Morgan fingerprint density at radius 1 is 0.571 bits per heavy atom. The summed E-state index contributed by atoms with van der Waals surface area (Å²) in [4.78, 5) is 27.9. The first-order valence-corrected chi connectivity index (χ1v) is 21.0. The van der Waals surface area contributed by atoms with Crippen LogP contribution < -0.4 is 0 Å². The molecule has 2 aromatic carbocycles. The second-order valence-corrected chi connectivity index (χ2v) is 21.1. The molecule has 0 saturated carbocycles. The number of benzene rings is 2. The van der Waals surface area contributed by atoms with Crippen LogP contribution in [0.15, 0.2) is 160 Å². The van der Waals surface area contributed by atoms with E-state index in [0.717, 1.165) is 27.2 Å². The van der Waals surface area contributed by atoms with Crippen LogP contribution in [0.2, 0.25) is 0 Å². The predicted octanol–water partition coefficient (Wildman–Crippen LogP) is 13.1. The van der Waals surface area contributed by atoms with Gasteiger partial charge in [-0.2, -0.15) is 15.3 Å². The zero-order valence-corrected chi connectivity index (χ0v) is 36.1. The fourth-order valence-corrected chi connectivity index (χ4v) is 8.16. The third-order valence-electron chi connectivity index (χ3n) is 9.40. The smallest absolute Gasteiger partial charge is 0.206 e. The van der Waals surface area contributed by atoms with Crippen LogP contribution in [0.1, 0.15) is 88.0 Å². The summed E-state index contributed by atoms with van der Waals surface area (Å²) in [6, 6.07) is 16.4. The van der Waals surface area contributed by atoms with Crippen LogP contribution in [0.5, 0.6) is 0 Å². The normalized spacial score (nSPS) is 16.3. The Bertz CT molecular complexity index is 2320. The number of sulfone groups is 1. The minimum absolute atomic E-state index is 0.0405. The Kier molecular flexibility index (Phi) is 11.7. The van der Waals surface area contributed by atoms with Crippen molar-refractivity contribution in [1.29, 1.82) is 0 Å². The fraction of sp³-hybridized carbons (Fsp3) is 0.348. The lowest BCUT2D eigenvalue weighted by atomic mass is 9.71. The molecule has 1 aromatic heterocycles. The number of allylic oxidation sites excluding steroid dienone is 10. The summed E-state index contributed by atoms with van der Waals surface area (Å²) < 4.78 is 27.2. The largest absolute Gasteiger partial charge is 0.289 e. The fourth-order valence-electron chi connectivity index (χ4n) is 6.17. The Labute approximate surface area is 336 Å². The van der Waals surface area contributed by atoms with Crippen molar-refractivity contribution < 1.29 is 18.0 Å². The lowest BCUT2D eigenvalue weighted by molar-refractivity contribution is -0.114. The van der Waals surface area contributed by atoms with Gasteiger partial charge in [0.05, 0.1) is 32.2 Å². The van der Waals surface area contributed by atoms with Crippen LogP contribution >= 0.6 is 11.3 Å². The van der Waals surface area contributed by atoms with E-state index >= 15 is 0 Å². The summed E-state index contributed by atoms with van der Waals surface area (Å²) in [6.07, 6.45) is 9.18. The molecule has 0 N–H and O–H groups in total. The Hall–Kier alpha value is -4.93. The summed E-state index contributed by atoms with van der Waals surface area (Å²) in [5.41, 5.74) is 4.59. The van der Waals surface area contributed by atoms with Crippen LogP contribution in [-0.2, 0) is 19.4 Å². The molecule has 0 amide bonds. The molecule has 0 unspecified atom stereocenters. The van der Waals surface area contributed by atoms with Crippen molar-refractivity contribution in [2.75, 3.05) is 0 Å². The molecular formula is C46H52N4O4S2. The van der Waals surface area contributed by atoms with Gasteiger partial charge in [-0.15, -0.1) is 16.5 Å². The van der Waals surface area contributed by atoms with Gasteiger partial charge in [-0.3, -0.25) is 9.59 Å². The Morgan fingerprint density at radius 2 is 0.982 bits per heavy atom. The van der Waals surface area contributed by atoms with Crippen molar-refractivity contribution in [3.8, 4) is 0 Å². The maximum atomic E-state index is 13.6. The highest BCUT2D eigenvalue weighted by Gasteiger charge is 2.36. The van der Waals surface area contributed by atoms with Gasteiger partial charge in [-0.1, -0.05) is 89.2 Å². The van der Waals surface area contributed by atoms with Crippen LogP contribution in [-0.4, -0.2) is 20.0 Å². The predicted molar refractivity (Wildman–Crippen MR) is 227 cm³/mol. The summed E-state index contributed by atoms with van der Waals surface area (Å²) >= 11 is 1.53. The van der Waals surface area contributed by atoms with Gasteiger partial charge in [0.15, 0.2) is 11.6 Å². The molecule has 292 valence electrons. The lowest BCUT2D eigenvalue weighted by Crippen LogP contribution is -2.28. The number of nitrogens with zero attached hydrogens (tertiary/aromatic N) is 4. The van der Waals surface area contributed by atoms with E-state index in [-0.39, 0.29) is 43.0 Å². The zero-order chi connectivity index (χ0) is 41.4. The average molecular weight is 789 g/mol. The molecule has 3 aromatic rings. The van der Waals surface area contributed by atoms with Crippen molar-refractivity contribution in [3.05, 3.63) is 135 Å². The number of hydrogen-bond acceptors (Lipinski definition) is 9. The SMILES string of the molecule is CC(C)(C)C1=CC(=CN=Nc2ccc(S(=O)(=O)c3ccc(N=NC(=C4C=C(C(C)(C)C)C(=O)C(C(C)(C)C)=C4)c4cccs4)cc3)cc2)C=C(C(C)(C)C)C1=O. The molecule has 5 rings (SSSR count). The minimum Gasteiger partial charge on any atom is -0.289 e. The van der Waals surface area contributed by atoms with Crippen molar-refractivity contribution in [3.63, 3.8) is 0 Å². The van der Waals surface area contributed by atoms with Gasteiger partial charge in [0.2, 0.25) is 9.84 Å². The van der Waals surface area contributed by atoms with Crippen LogP contribution in [0.4, 0.5) is 11.4 Å².